The minimum absolute atomic E-state index is 0.0892. The van der Waals surface area contributed by atoms with Gasteiger partial charge >= 0.3 is 5.97 Å². The first-order valence-corrected chi connectivity index (χ1v) is 11.6. The predicted molar refractivity (Wildman–Crippen MR) is 129 cm³/mol. The second-order valence-corrected chi connectivity index (χ2v) is 7.97. The quantitative estimate of drug-likeness (QED) is 0.495. The van der Waals surface area contributed by atoms with Crippen molar-refractivity contribution in [1.82, 2.24) is 15.2 Å². The second kappa shape index (κ2) is 12.5. The summed E-state index contributed by atoms with van der Waals surface area (Å²) in [5.41, 5.74) is 3.51. The molecule has 2 aromatic rings. The Bertz CT molecular complexity index is 923. The standard InChI is InChI=1S/C16H13NO3.C10H24N2/c1-3-20-16(19)12-8-13-14(17-9(12)2)10-6-4-5-7-11(10)15(13)18;1-5-12(6-2)9-7-8-10(3)11-4/h4-8H,3H2,1-2H3;10-11H,5-9H2,1-4H3. The number of carbonyl (C=O) groups excluding carboxylic acids is 2. The van der Waals surface area contributed by atoms with E-state index in [4.69, 9.17) is 4.74 Å². The molecule has 0 spiro atoms. The molecule has 6 heteroatoms. The molecule has 0 bridgehead atoms. The summed E-state index contributed by atoms with van der Waals surface area (Å²) in [4.78, 5) is 31.1. The highest BCUT2D eigenvalue weighted by Gasteiger charge is 2.29. The van der Waals surface area contributed by atoms with Crippen LogP contribution in [0.5, 0.6) is 0 Å². The number of fused-ring (bicyclic) bond motifs is 3. The van der Waals surface area contributed by atoms with Gasteiger partial charge in [0.1, 0.15) is 0 Å². The number of benzene rings is 1. The van der Waals surface area contributed by atoms with Gasteiger partial charge in [-0.25, -0.2) is 4.79 Å². The van der Waals surface area contributed by atoms with Gasteiger partial charge in [0.2, 0.25) is 0 Å². The summed E-state index contributed by atoms with van der Waals surface area (Å²) in [6.45, 7) is 14.1. The molecule has 0 aliphatic heterocycles. The highest BCUT2D eigenvalue weighted by molar-refractivity contribution is 6.21. The number of aryl methyl sites for hydroxylation is 1. The number of hydrogen-bond donors (Lipinski definition) is 1. The van der Waals surface area contributed by atoms with E-state index in [1.165, 1.54) is 32.5 Å². The van der Waals surface area contributed by atoms with Crippen LogP contribution in [0.15, 0.2) is 30.3 Å². The van der Waals surface area contributed by atoms with Gasteiger partial charge in [-0.2, -0.15) is 0 Å². The average Bonchev–Trinajstić information content (AvgIpc) is 3.08. The van der Waals surface area contributed by atoms with Crippen molar-refractivity contribution < 1.29 is 14.3 Å². The van der Waals surface area contributed by atoms with Gasteiger partial charge in [0.05, 0.1) is 23.6 Å². The number of aromatic nitrogens is 1. The molecule has 1 unspecified atom stereocenters. The minimum Gasteiger partial charge on any atom is -0.462 e. The highest BCUT2D eigenvalue weighted by atomic mass is 16.5. The van der Waals surface area contributed by atoms with E-state index in [-0.39, 0.29) is 5.78 Å². The summed E-state index contributed by atoms with van der Waals surface area (Å²) in [5, 5.41) is 3.26. The molecule has 1 heterocycles. The molecule has 3 rings (SSSR count). The van der Waals surface area contributed by atoms with E-state index in [9.17, 15) is 9.59 Å². The smallest absolute Gasteiger partial charge is 0.339 e. The number of hydrogen-bond acceptors (Lipinski definition) is 6. The van der Waals surface area contributed by atoms with Crippen LogP contribution >= 0.6 is 0 Å². The zero-order chi connectivity index (χ0) is 23.7. The third-order valence-corrected chi connectivity index (χ3v) is 5.88. The Morgan fingerprint density at radius 1 is 1.12 bits per heavy atom. The summed E-state index contributed by atoms with van der Waals surface area (Å²) in [5.74, 6) is -0.530. The summed E-state index contributed by atoms with van der Waals surface area (Å²) in [6.07, 6.45) is 2.59. The first-order valence-electron chi connectivity index (χ1n) is 11.6. The molecule has 174 valence electrons. The third-order valence-electron chi connectivity index (χ3n) is 5.88. The lowest BCUT2D eigenvalue weighted by atomic mass is 10.1. The molecule has 0 radical (unpaired) electrons. The van der Waals surface area contributed by atoms with Crippen molar-refractivity contribution >= 4 is 11.8 Å². The number of nitrogens with zero attached hydrogens (tertiary/aromatic N) is 2. The lowest BCUT2D eigenvalue weighted by Crippen LogP contribution is -2.27. The molecule has 0 saturated carbocycles. The largest absolute Gasteiger partial charge is 0.462 e. The van der Waals surface area contributed by atoms with Crippen LogP contribution in [0.3, 0.4) is 0 Å². The van der Waals surface area contributed by atoms with Gasteiger partial charge in [-0.3, -0.25) is 9.78 Å². The maximum atomic E-state index is 12.3. The molecular formula is C26H37N3O3. The van der Waals surface area contributed by atoms with Crippen molar-refractivity contribution in [2.24, 2.45) is 0 Å². The van der Waals surface area contributed by atoms with Crippen LogP contribution in [-0.4, -0.2) is 61.0 Å². The van der Waals surface area contributed by atoms with E-state index in [0.717, 1.165) is 5.56 Å². The summed E-state index contributed by atoms with van der Waals surface area (Å²) >= 11 is 0. The van der Waals surface area contributed by atoms with E-state index in [2.05, 4.69) is 36.0 Å². The molecule has 0 saturated heterocycles. The predicted octanol–water partition coefficient (Wildman–Crippen LogP) is 4.49. The Hall–Kier alpha value is -2.57. The zero-order valence-corrected chi connectivity index (χ0v) is 20.3. The third kappa shape index (κ3) is 6.24. The Morgan fingerprint density at radius 3 is 2.38 bits per heavy atom. The maximum absolute atomic E-state index is 12.3. The fraction of sp³-hybridized carbons (Fsp3) is 0.500. The van der Waals surface area contributed by atoms with E-state index in [0.29, 0.717) is 40.7 Å². The molecule has 1 aromatic heterocycles. The van der Waals surface area contributed by atoms with Crippen LogP contribution in [0.4, 0.5) is 0 Å². The molecule has 1 aromatic carbocycles. The number of carbonyl (C=O) groups is 2. The Morgan fingerprint density at radius 2 is 1.78 bits per heavy atom. The van der Waals surface area contributed by atoms with Gasteiger partial charge in [-0.1, -0.05) is 38.1 Å². The number of ether oxygens (including phenoxy) is 1. The molecule has 1 aliphatic rings. The van der Waals surface area contributed by atoms with Crippen molar-refractivity contribution in [2.45, 2.75) is 53.5 Å². The van der Waals surface area contributed by atoms with Crippen LogP contribution in [0, 0.1) is 6.92 Å². The molecular weight excluding hydrogens is 402 g/mol. The maximum Gasteiger partial charge on any atom is 0.339 e. The lowest BCUT2D eigenvalue weighted by molar-refractivity contribution is 0.0525. The lowest BCUT2D eigenvalue weighted by Gasteiger charge is -2.18. The monoisotopic (exact) mass is 439 g/mol. The minimum atomic E-state index is -0.441. The fourth-order valence-electron chi connectivity index (χ4n) is 3.74. The first kappa shape index (κ1) is 25.7. The van der Waals surface area contributed by atoms with Crippen molar-refractivity contribution in [3.63, 3.8) is 0 Å². The molecule has 1 aliphatic carbocycles. The molecule has 32 heavy (non-hydrogen) atoms. The fourth-order valence-corrected chi connectivity index (χ4v) is 3.74. The SMILES string of the molecule is CCN(CC)CCCC(C)NC.CCOC(=O)c1cc2c(nc1C)-c1ccccc1C2=O. The number of pyridine rings is 1. The van der Waals surface area contributed by atoms with E-state index < -0.39 is 5.97 Å². The van der Waals surface area contributed by atoms with Crippen LogP contribution in [0.2, 0.25) is 0 Å². The summed E-state index contributed by atoms with van der Waals surface area (Å²) < 4.78 is 4.99. The molecule has 6 nitrogen and oxygen atoms in total. The van der Waals surface area contributed by atoms with E-state index in [1.807, 2.05) is 25.2 Å². The molecule has 0 amide bonds. The number of nitrogens with one attached hydrogen (secondary N) is 1. The average molecular weight is 440 g/mol. The normalized spacial score (nSPS) is 12.7. The highest BCUT2D eigenvalue weighted by Crippen LogP contribution is 2.35. The second-order valence-electron chi connectivity index (χ2n) is 7.97. The molecule has 1 N–H and O–H groups in total. The topological polar surface area (TPSA) is 71.5 Å². The van der Waals surface area contributed by atoms with Crippen molar-refractivity contribution in [3.05, 3.63) is 52.7 Å². The van der Waals surface area contributed by atoms with Crippen molar-refractivity contribution in [2.75, 3.05) is 33.3 Å². The van der Waals surface area contributed by atoms with Crippen molar-refractivity contribution in [1.29, 1.82) is 0 Å². The van der Waals surface area contributed by atoms with E-state index in [1.54, 1.807) is 26.0 Å². The number of rotatable bonds is 9. The Balaban J connectivity index is 0.000000262. The van der Waals surface area contributed by atoms with Crippen molar-refractivity contribution in [3.8, 4) is 11.3 Å². The van der Waals surface area contributed by atoms with Crippen LogP contribution in [-0.2, 0) is 4.74 Å². The van der Waals surface area contributed by atoms with Gasteiger partial charge in [-0.15, -0.1) is 0 Å². The summed E-state index contributed by atoms with van der Waals surface area (Å²) in [7, 11) is 2.03. The van der Waals surface area contributed by atoms with Gasteiger partial charge in [0.15, 0.2) is 5.78 Å². The van der Waals surface area contributed by atoms with E-state index >= 15 is 0 Å². The Kier molecular flexibility index (Phi) is 10.0. The number of esters is 1. The van der Waals surface area contributed by atoms with Gasteiger partial charge < -0.3 is 15.0 Å². The van der Waals surface area contributed by atoms with Crippen LogP contribution in [0.1, 0.15) is 72.5 Å². The summed E-state index contributed by atoms with van der Waals surface area (Å²) in [6, 6.07) is 9.60. The first-order chi connectivity index (χ1) is 15.4. The molecule has 0 fully saturated rings. The zero-order valence-electron chi connectivity index (χ0n) is 20.3. The van der Waals surface area contributed by atoms with Gasteiger partial charge in [-0.05, 0) is 66.4 Å². The number of ketones is 1. The Labute approximate surface area is 192 Å². The van der Waals surface area contributed by atoms with Crippen LogP contribution in [0.25, 0.3) is 11.3 Å². The van der Waals surface area contributed by atoms with Crippen LogP contribution < -0.4 is 5.32 Å². The molecule has 1 atom stereocenters. The van der Waals surface area contributed by atoms with Gasteiger partial charge in [0, 0.05) is 22.7 Å². The van der Waals surface area contributed by atoms with Gasteiger partial charge in [0.25, 0.3) is 0 Å².